The molecule has 0 bridgehead atoms. The van der Waals surface area contributed by atoms with Gasteiger partial charge in [0.25, 0.3) is 0 Å². The summed E-state index contributed by atoms with van der Waals surface area (Å²) in [7, 11) is 0. The molecule has 60 valence electrons. The lowest BCUT2D eigenvalue weighted by molar-refractivity contribution is 0.222. The number of aliphatic hydroxyl groups excluding tert-OH is 1. The molecule has 3 heteroatoms. The van der Waals surface area contributed by atoms with Crippen molar-refractivity contribution in [1.29, 1.82) is 0 Å². The number of aliphatic hydroxyl groups is 1. The molecule has 1 N–H and O–H groups in total. The fourth-order valence-corrected chi connectivity index (χ4v) is 0.996. The number of nitroso groups, excluding NO2 is 1. The van der Waals surface area contributed by atoms with Gasteiger partial charge in [0.15, 0.2) is 0 Å². The van der Waals surface area contributed by atoms with E-state index in [1.807, 2.05) is 12.2 Å². The second-order valence-electron chi connectivity index (χ2n) is 2.76. The van der Waals surface area contributed by atoms with E-state index in [1.165, 1.54) is 0 Å². The van der Waals surface area contributed by atoms with Crippen LogP contribution in [0.2, 0.25) is 0 Å². The molecule has 0 saturated heterocycles. The van der Waals surface area contributed by atoms with E-state index in [2.05, 4.69) is 12.1 Å². The molecule has 0 heterocycles. The maximum atomic E-state index is 9.91. The van der Waals surface area contributed by atoms with Gasteiger partial charge in [-0.15, -0.1) is 4.91 Å². The van der Waals surface area contributed by atoms with Crippen LogP contribution in [0, 0.1) is 10.8 Å². The first-order valence-electron chi connectivity index (χ1n) is 3.63. The van der Waals surface area contributed by atoms with Gasteiger partial charge < -0.3 is 5.11 Å². The minimum absolute atomic E-state index is 0.498. The molecule has 1 rings (SSSR count). The monoisotopic (exact) mass is 153 g/mol. The van der Waals surface area contributed by atoms with E-state index in [0.29, 0.717) is 11.5 Å². The first-order valence-corrected chi connectivity index (χ1v) is 3.63. The van der Waals surface area contributed by atoms with Crippen LogP contribution in [-0.2, 0) is 0 Å². The van der Waals surface area contributed by atoms with E-state index in [-0.39, 0.29) is 0 Å². The average molecular weight is 153 g/mol. The van der Waals surface area contributed by atoms with Gasteiger partial charge in [0.05, 0.1) is 0 Å². The highest BCUT2D eigenvalue weighted by atomic mass is 16.3. The van der Waals surface area contributed by atoms with E-state index in [9.17, 15) is 4.91 Å². The summed E-state index contributed by atoms with van der Waals surface area (Å²) in [5, 5.41) is 11.5. The molecule has 0 spiro atoms. The van der Waals surface area contributed by atoms with Crippen molar-refractivity contribution in [2.24, 2.45) is 11.1 Å². The van der Waals surface area contributed by atoms with Gasteiger partial charge >= 0.3 is 0 Å². The fourth-order valence-electron chi connectivity index (χ4n) is 0.996. The maximum absolute atomic E-state index is 9.91. The Kier molecular flexibility index (Phi) is 2.54. The summed E-state index contributed by atoms with van der Waals surface area (Å²) in [4.78, 5) is 9.91. The van der Waals surface area contributed by atoms with E-state index < -0.39 is 6.23 Å². The van der Waals surface area contributed by atoms with E-state index >= 15 is 0 Å². The number of hydrogen-bond donors (Lipinski definition) is 1. The third-order valence-corrected chi connectivity index (χ3v) is 1.74. The maximum Gasteiger partial charge on any atom is 0.212 e. The Morgan fingerprint density at radius 2 is 2.55 bits per heavy atom. The smallest absolute Gasteiger partial charge is 0.212 e. The molecule has 0 aliphatic heterocycles. The van der Waals surface area contributed by atoms with Gasteiger partial charge in [0.1, 0.15) is 0 Å². The Balaban J connectivity index is 2.62. The summed E-state index contributed by atoms with van der Waals surface area (Å²) in [5.41, 5.74) is 0.609. The van der Waals surface area contributed by atoms with Crippen LogP contribution in [0.1, 0.15) is 13.3 Å². The largest absolute Gasteiger partial charge is 0.365 e. The Morgan fingerprint density at radius 3 is 3.00 bits per heavy atom. The predicted octanol–water partition coefficient (Wildman–Crippen LogP) is 1.59. The van der Waals surface area contributed by atoms with Crippen LogP contribution in [0.3, 0.4) is 0 Å². The van der Waals surface area contributed by atoms with Crippen molar-refractivity contribution in [3.63, 3.8) is 0 Å². The van der Waals surface area contributed by atoms with Crippen LogP contribution in [0.4, 0.5) is 0 Å². The number of nitrogens with zero attached hydrogens (tertiary/aromatic N) is 1. The fraction of sp³-hybridized carbons (Fsp3) is 0.500. The quantitative estimate of drug-likeness (QED) is 0.612. The van der Waals surface area contributed by atoms with E-state index in [1.54, 1.807) is 6.08 Å². The van der Waals surface area contributed by atoms with Crippen LogP contribution < -0.4 is 0 Å². The van der Waals surface area contributed by atoms with Crippen molar-refractivity contribution >= 4 is 0 Å². The van der Waals surface area contributed by atoms with Crippen molar-refractivity contribution in [2.45, 2.75) is 19.6 Å². The van der Waals surface area contributed by atoms with Gasteiger partial charge in [-0.25, -0.2) is 0 Å². The second kappa shape index (κ2) is 3.44. The van der Waals surface area contributed by atoms with Gasteiger partial charge in [-0.1, -0.05) is 25.2 Å². The van der Waals surface area contributed by atoms with Crippen molar-refractivity contribution in [3.8, 4) is 0 Å². The lowest BCUT2D eigenvalue weighted by atomic mass is 9.98. The standard InChI is InChI=1S/C8H11NO2/c1-6-2-4-7(5-3-6)8(10)9-11/h2,4-6,8,10H,3H2,1H3/t6-,8+/m1/s1. The van der Waals surface area contributed by atoms with Gasteiger partial charge in [0.2, 0.25) is 6.23 Å². The average Bonchev–Trinajstić information content (AvgIpc) is 2.05. The van der Waals surface area contributed by atoms with E-state index in [0.717, 1.165) is 6.42 Å². The van der Waals surface area contributed by atoms with Crippen molar-refractivity contribution in [3.05, 3.63) is 28.7 Å². The molecule has 0 fully saturated rings. The molecule has 0 aromatic rings. The van der Waals surface area contributed by atoms with Crippen LogP contribution in [0.5, 0.6) is 0 Å². The molecular formula is C8H11NO2. The van der Waals surface area contributed by atoms with Crippen LogP contribution in [-0.4, -0.2) is 11.3 Å². The molecule has 0 amide bonds. The molecular weight excluding hydrogens is 142 g/mol. The van der Waals surface area contributed by atoms with E-state index in [4.69, 9.17) is 5.11 Å². The Bertz CT molecular complexity index is 208. The third-order valence-electron chi connectivity index (χ3n) is 1.74. The highest BCUT2D eigenvalue weighted by Gasteiger charge is 2.11. The van der Waals surface area contributed by atoms with Gasteiger partial charge in [-0.05, 0) is 17.5 Å². The first-order chi connectivity index (χ1) is 5.24. The van der Waals surface area contributed by atoms with Crippen LogP contribution in [0.25, 0.3) is 0 Å². The second-order valence-corrected chi connectivity index (χ2v) is 2.76. The summed E-state index contributed by atoms with van der Waals surface area (Å²) in [6.45, 7) is 2.07. The minimum atomic E-state index is -1.18. The molecule has 0 radical (unpaired) electrons. The van der Waals surface area contributed by atoms with Gasteiger partial charge in [-0.2, -0.15) is 0 Å². The lowest BCUT2D eigenvalue weighted by Gasteiger charge is -2.11. The third kappa shape index (κ3) is 1.98. The summed E-state index contributed by atoms with van der Waals surface area (Å²) < 4.78 is 0. The highest BCUT2D eigenvalue weighted by molar-refractivity contribution is 5.26. The van der Waals surface area contributed by atoms with Crippen molar-refractivity contribution in [2.75, 3.05) is 0 Å². The number of hydrogen-bond acceptors (Lipinski definition) is 3. The number of rotatable bonds is 2. The normalized spacial score (nSPS) is 26.0. The van der Waals surface area contributed by atoms with Crippen LogP contribution in [0.15, 0.2) is 29.0 Å². The molecule has 0 aromatic carbocycles. The van der Waals surface area contributed by atoms with Crippen molar-refractivity contribution in [1.82, 2.24) is 0 Å². The van der Waals surface area contributed by atoms with Crippen molar-refractivity contribution < 1.29 is 5.11 Å². The molecule has 2 atom stereocenters. The molecule has 11 heavy (non-hydrogen) atoms. The summed E-state index contributed by atoms with van der Waals surface area (Å²) in [5.74, 6) is 0.498. The Hall–Kier alpha value is -0.960. The highest BCUT2D eigenvalue weighted by Crippen LogP contribution is 2.18. The molecule has 1 aliphatic carbocycles. The zero-order chi connectivity index (χ0) is 8.27. The zero-order valence-corrected chi connectivity index (χ0v) is 6.40. The summed E-state index contributed by atoms with van der Waals surface area (Å²) in [6, 6.07) is 0. The zero-order valence-electron chi connectivity index (χ0n) is 6.40. The predicted molar refractivity (Wildman–Crippen MR) is 42.8 cm³/mol. The minimum Gasteiger partial charge on any atom is -0.365 e. The summed E-state index contributed by atoms with van der Waals surface area (Å²) >= 11 is 0. The SMILES string of the molecule is C[C@@H]1C=CC([C@H](O)N=O)=CC1. The van der Waals surface area contributed by atoms with Gasteiger partial charge in [-0.3, -0.25) is 0 Å². The molecule has 0 aromatic heterocycles. The molecule has 0 unspecified atom stereocenters. The molecule has 3 nitrogen and oxygen atoms in total. The molecule has 1 aliphatic rings. The molecule has 0 saturated carbocycles. The Morgan fingerprint density at radius 1 is 1.82 bits per heavy atom. The summed E-state index contributed by atoms with van der Waals surface area (Å²) in [6.07, 6.45) is 5.25. The Labute approximate surface area is 65.4 Å². The lowest BCUT2D eigenvalue weighted by Crippen LogP contribution is -2.07. The number of allylic oxidation sites excluding steroid dienone is 2. The topological polar surface area (TPSA) is 49.7 Å². The first kappa shape index (κ1) is 8.14. The van der Waals surface area contributed by atoms with Gasteiger partial charge in [0, 0.05) is 5.57 Å². The van der Waals surface area contributed by atoms with Crippen LogP contribution >= 0.6 is 0 Å².